The second-order valence-corrected chi connectivity index (χ2v) is 8.37. The zero-order valence-corrected chi connectivity index (χ0v) is 19.9. The zero-order chi connectivity index (χ0) is 24.9. The van der Waals surface area contributed by atoms with Gasteiger partial charge in [0.05, 0.1) is 13.2 Å². The maximum Gasteiger partial charge on any atom is 0.339 e. The molecule has 1 unspecified atom stereocenters. The van der Waals surface area contributed by atoms with Crippen LogP contribution in [0.15, 0.2) is 69.9 Å². The highest BCUT2D eigenvalue weighted by atomic mass is 16.5. The topological polar surface area (TPSA) is 94.8 Å². The summed E-state index contributed by atoms with van der Waals surface area (Å²) in [5.74, 6) is -0.370. The fourth-order valence-electron chi connectivity index (χ4n) is 4.22. The van der Waals surface area contributed by atoms with E-state index in [9.17, 15) is 14.4 Å². The molecule has 1 heterocycles. The number of nitrogens with one attached hydrogen (secondary N) is 1. The fourth-order valence-corrected chi connectivity index (χ4v) is 4.22. The minimum atomic E-state index is -0.563. The molecule has 0 aliphatic carbocycles. The molecule has 1 amide bonds. The first-order valence-electron chi connectivity index (χ1n) is 11.4. The molecule has 180 valence electrons. The predicted octanol–water partition coefficient (Wildman–Crippen LogP) is 4.62. The van der Waals surface area contributed by atoms with E-state index < -0.39 is 17.5 Å². The number of carbonyl (C=O) groups excluding carboxylic acids is 2. The Kier molecular flexibility index (Phi) is 7.15. The van der Waals surface area contributed by atoms with E-state index in [0.29, 0.717) is 16.9 Å². The van der Waals surface area contributed by atoms with Crippen molar-refractivity contribution in [3.05, 3.63) is 87.8 Å². The summed E-state index contributed by atoms with van der Waals surface area (Å²) in [6, 6.07) is 18.9. The summed E-state index contributed by atoms with van der Waals surface area (Å²) in [6.07, 6.45) is 0.114. The van der Waals surface area contributed by atoms with Gasteiger partial charge < -0.3 is 19.2 Å². The van der Waals surface area contributed by atoms with E-state index in [-0.39, 0.29) is 25.5 Å². The Bertz CT molecular complexity index is 1450. The van der Waals surface area contributed by atoms with Crippen LogP contribution in [0.3, 0.4) is 0 Å². The lowest BCUT2D eigenvalue weighted by atomic mass is 10.00. The summed E-state index contributed by atoms with van der Waals surface area (Å²) < 4.78 is 15.7. The van der Waals surface area contributed by atoms with Crippen molar-refractivity contribution in [1.29, 1.82) is 0 Å². The largest absolute Gasteiger partial charge is 0.497 e. The molecule has 7 heteroatoms. The number of benzene rings is 3. The van der Waals surface area contributed by atoms with Gasteiger partial charge in [0, 0.05) is 23.4 Å². The van der Waals surface area contributed by atoms with Crippen LogP contribution in [0.4, 0.5) is 0 Å². The van der Waals surface area contributed by atoms with E-state index in [1.165, 1.54) is 7.11 Å². The third-order valence-corrected chi connectivity index (χ3v) is 6.11. The van der Waals surface area contributed by atoms with Crippen LogP contribution in [0.5, 0.6) is 5.75 Å². The first-order valence-corrected chi connectivity index (χ1v) is 11.4. The van der Waals surface area contributed by atoms with Gasteiger partial charge in [0.25, 0.3) is 5.91 Å². The Labute approximate surface area is 202 Å². The molecule has 0 spiro atoms. The SMILES string of the molecule is COc1ccc2c(C)c(CCC(=O)OCC(=O)NC(C)c3cccc4ccccc34)c(=O)oc2c1. The predicted molar refractivity (Wildman–Crippen MR) is 134 cm³/mol. The molecule has 0 saturated carbocycles. The molecule has 1 N–H and O–H groups in total. The highest BCUT2D eigenvalue weighted by Crippen LogP contribution is 2.25. The third kappa shape index (κ3) is 5.35. The highest BCUT2D eigenvalue weighted by Gasteiger charge is 2.16. The Morgan fingerprint density at radius 1 is 1.03 bits per heavy atom. The molecule has 35 heavy (non-hydrogen) atoms. The average Bonchev–Trinajstić information content (AvgIpc) is 2.86. The minimum absolute atomic E-state index is 0.0422. The van der Waals surface area contributed by atoms with Crippen LogP contribution in [0.25, 0.3) is 21.7 Å². The number of carbonyl (C=O) groups is 2. The van der Waals surface area contributed by atoms with Gasteiger partial charge in [-0.15, -0.1) is 0 Å². The van der Waals surface area contributed by atoms with Crippen molar-refractivity contribution < 1.29 is 23.5 Å². The van der Waals surface area contributed by atoms with E-state index in [4.69, 9.17) is 13.9 Å². The number of amides is 1. The molecule has 0 aliphatic rings. The molecule has 4 rings (SSSR count). The quantitative estimate of drug-likeness (QED) is 0.297. The molecular weight excluding hydrogens is 446 g/mol. The number of hydrogen-bond acceptors (Lipinski definition) is 6. The maximum absolute atomic E-state index is 12.5. The van der Waals surface area contributed by atoms with Crippen LogP contribution in [-0.4, -0.2) is 25.6 Å². The van der Waals surface area contributed by atoms with Crippen molar-refractivity contribution >= 4 is 33.6 Å². The van der Waals surface area contributed by atoms with E-state index in [2.05, 4.69) is 5.32 Å². The highest BCUT2D eigenvalue weighted by molar-refractivity contribution is 5.87. The molecule has 0 bridgehead atoms. The molecule has 1 atom stereocenters. The van der Waals surface area contributed by atoms with Gasteiger partial charge in [-0.05, 0) is 54.3 Å². The van der Waals surface area contributed by atoms with Gasteiger partial charge in [-0.25, -0.2) is 4.79 Å². The lowest BCUT2D eigenvalue weighted by molar-refractivity contribution is -0.148. The molecule has 0 radical (unpaired) electrons. The van der Waals surface area contributed by atoms with Crippen molar-refractivity contribution in [2.24, 2.45) is 0 Å². The van der Waals surface area contributed by atoms with Crippen LogP contribution in [0.1, 0.15) is 36.1 Å². The number of methoxy groups -OCH3 is 1. The van der Waals surface area contributed by atoms with Crippen molar-refractivity contribution in [1.82, 2.24) is 5.32 Å². The monoisotopic (exact) mass is 473 g/mol. The first kappa shape index (κ1) is 24.0. The van der Waals surface area contributed by atoms with Crippen molar-refractivity contribution in [2.75, 3.05) is 13.7 Å². The van der Waals surface area contributed by atoms with Gasteiger partial charge in [-0.1, -0.05) is 42.5 Å². The second-order valence-electron chi connectivity index (χ2n) is 8.37. The van der Waals surface area contributed by atoms with Crippen LogP contribution >= 0.6 is 0 Å². The summed E-state index contributed by atoms with van der Waals surface area (Å²) >= 11 is 0. The van der Waals surface area contributed by atoms with Crippen molar-refractivity contribution in [3.8, 4) is 5.75 Å². The minimum Gasteiger partial charge on any atom is -0.497 e. The molecule has 0 saturated heterocycles. The van der Waals surface area contributed by atoms with Gasteiger partial charge in [-0.3, -0.25) is 9.59 Å². The molecule has 0 fully saturated rings. The molecule has 1 aromatic heterocycles. The van der Waals surface area contributed by atoms with Crippen LogP contribution in [0.2, 0.25) is 0 Å². The summed E-state index contributed by atoms with van der Waals surface area (Å²) in [7, 11) is 1.54. The molecular formula is C28H27NO6. The zero-order valence-electron chi connectivity index (χ0n) is 19.9. The number of rotatable bonds is 8. The number of fused-ring (bicyclic) bond motifs is 2. The Morgan fingerprint density at radius 3 is 2.60 bits per heavy atom. The smallest absolute Gasteiger partial charge is 0.339 e. The van der Waals surface area contributed by atoms with Crippen LogP contribution < -0.4 is 15.7 Å². The number of hydrogen-bond donors (Lipinski definition) is 1. The van der Waals surface area contributed by atoms with Crippen molar-refractivity contribution in [3.63, 3.8) is 0 Å². The Hall–Kier alpha value is -4.13. The molecule has 0 aliphatic heterocycles. The van der Waals surface area contributed by atoms with Gasteiger partial charge in [0.2, 0.25) is 0 Å². The fraction of sp³-hybridized carbons (Fsp3) is 0.250. The first-order chi connectivity index (χ1) is 16.9. The number of aryl methyl sites for hydroxylation is 1. The van der Waals surface area contributed by atoms with Gasteiger partial charge in [0.1, 0.15) is 11.3 Å². The van der Waals surface area contributed by atoms with Gasteiger partial charge in [0.15, 0.2) is 6.61 Å². The van der Waals surface area contributed by atoms with Crippen molar-refractivity contribution in [2.45, 2.75) is 32.7 Å². The van der Waals surface area contributed by atoms with Crippen LogP contribution in [-0.2, 0) is 20.7 Å². The van der Waals surface area contributed by atoms with E-state index in [1.54, 1.807) is 12.1 Å². The van der Waals surface area contributed by atoms with Crippen LogP contribution in [0, 0.1) is 6.92 Å². The number of ether oxygens (including phenoxy) is 2. The summed E-state index contributed by atoms with van der Waals surface area (Å²) in [5, 5.41) is 5.79. The summed E-state index contributed by atoms with van der Waals surface area (Å²) in [6.45, 7) is 3.31. The van der Waals surface area contributed by atoms with E-state index in [1.807, 2.05) is 62.4 Å². The maximum atomic E-state index is 12.5. The van der Waals surface area contributed by atoms with E-state index >= 15 is 0 Å². The molecule has 4 aromatic rings. The summed E-state index contributed by atoms with van der Waals surface area (Å²) in [5.41, 5.74) is 2.06. The summed E-state index contributed by atoms with van der Waals surface area (Å²) in [4.78, 5) is 37.1. The van der Waals surface area contributed by atoms with Gasteiger partial charge >= 0.3 is 11.6 Å². The molecule has 7 nitrogen and oxygen atoms in total. The Balaban J connectivity index is 1.33. The normalized spacial score (nSPS) is 11.9. The lowest BCUT2D eigenvalue weighted by Crippen LogP contribution is -2.31. The molecule has 3 aromatic carbocycles. The Morgan fingerprint density at radius 2 is 1.80 bits per heavy atom. The third-order valence-electron chi connectivity index (χ3n) is 6.11. The average molecular weight is 474 g/mol. The van der Waals surface area contributed by atoms with E-state index in [0.717, 1.165) is 27.3 Å². The second kappa shape index (κ2) is 10.4. The lowest BCUT2D eigenvalue weighted by Gasteiger charge is -2.16. The van der Waals surface area contributed by atoms with Gasteiger partial charge in [-0.2, -0.15) is 0 Å². The standard InChI is InChI=1S/C28H27NO6/c1-17-21-12-11-20(33-3)15-25(21)35-28(32)22(17)13-14-27(31)34-16-26(30)29-18(2)23-10-6-8-19-7-4-5-9-24(19)23/h4-12,15,18H,13-14,16H2,1-3H3,(H,29,30). The number of esters is 1.